The third-order valence-corrected chi connectivity index (χ3v) is 4.81. The lowest BCUT2D eigenvalue weighted by Gasteiger charge is -2.26. The van der Waals surface area contributed by atoms with Crippen LogP contribution < -0.4 is 10.6 Å². The predicted molar refractivity (Wildman–Crippen MR) is 96.7 cm³/mol. The van der Waals surface area contributed by atoms with E-state index in [2.05, 4.69) is 31.4 Å². The molecule has 1 amide bonds. The number of hydrogen-bond donors (Lipinski definition) is 2. The van der Waals surface area contributed by atoms with E-state index in [1.165, 1.54) is 32.1 Å². The Morgan fingerprint density at radius 1 is 1.17 bits per heavy atom. The largest absolute Gasteiger partial charge is 0.444 e. The van der Waals surface area contributed by atoms with E-state index < -0.39 is 5.60 Å². The molecule has 0 aliphatic heterocycles. The highest BCUT2D eigenvalue weighted by atomic mass is 16.6. The normalized spacial score (nSPS) is 24.1. The van der Waals surface area contributed by atoms with Gasteiger partial charge in [-0.3, -0.25) is 0 Å². The predicted octanol–water partition coefficient (Wildman–Crippen LogP) is 4.48. The summed E-state index contributed by atoms with van der Waals surface area (Å²) >= 11 is 0. The van der Waals surface area contributed by atoms with E-state index in [1.54, 1.807) is 0 Å². The summed E-state index contributed by atoms with van der Waals surface area (Å²) in [5.41, 5.74) is -0.438. The number of carbonyl (C=O) groups excluding carboxylic acids is 1. The van der Waals surface area contributed by atoms with E-state index >= 15 is 0 Å². The molecule has 0 spiro atoms. The van der Waals surface area contributed by atoms with Crippen LogP contribution in [0.15, 0.2) is 0 Å². The lowest BCUT2D eigenvalue weighted by atomic mass is 9.89. The molecule has 0 saturated heterocycles. The first-order chi connectivity index (χ1) is 10.7. The molecule has 1 fully saturated rings. The smallest absolute Gasteiger partial charge is 0.407 e. The van der Waals surface area contributed by atoms with Crippen LogP contribution in [0.3, 0.4) is 0 Å². The summed E-state index contributed by atoms with van der Waals surface area (Å²) in [5, 5.41) is 6.65. The maximum Gasteiger partial charge on any atom is 0.407 e. The Balaban J connectivity index is 2.36. The summed E-state index contributed by atoms with van der Waals surface area (Å²) in [4.78, 5) is 11.8. The van der Waals surface area contributed by atoms with Gasteiger partial charge in [-0.15, -0.1) is 0 Å². The molecule has 1 saturated carbocycles. The van der Waals surface area contributed by atoms with Crippen LogP contribution in [-0.4, -0.2) is 30.3 Å². The number of nitrogens with one attached hydrogen (secondary N) is 2. The Hall–Kier alpha value is -0.770. The van der Waals surface area contributed by atoms with Crippen molar-refractivity contribution in [3.63, 3.8) is 0 Å². The molecule has 23 heavy (non-hydrogen) atoms. The van der Waals surface area contributed by atoms with Gasteiger partial charge in [0, 0.05) is 18.6 Å². The molecule has 0 bridgehead atoms. The van der Waals surface area contributed by atoms with Gasteiger partial charge in [0.25, 0.3) is 0 Å². The average molecular weight is 327 g/mol. The van der Waals surface area contributed by atoms with Crippen LogP contribution in [0, 0.1) is 11.8 Å². The number of hydrogen-bond acceptors (Lipinski definition) is 3. The Bertz CT molecular complexity index is 350. The third-order valence-electron chi connectivity index (χ3n) is 4.81. The van der Waals surface area contributed by atoms with Gasteiger partial charge < -0.3 is 15.4 Å². The van der Waals surface area contributed by atoms with E-state index in [0.29, 0.717) is 18.6 Å². The quantitative estimate of drug-likeness (QED) is 0.707. The molecule has 0 aromatic heterocycles. The molecular weight excluding hydrogens is 288 g/mol. The monoisotopic (exact) mass is 326 g/mol. The summed E-state index contributed by atoms with van der Waals surface area (Å²) in [6, 6.07) is 0.909. The Morgan fingerprint density at radius 2 is 1.87 bits per heavy atom. The number of ether oxygens (including phenoxy) is 1. The molecule has 0 heterocycles. The fourth-order valence-electron chi connectivity index (χ4n) is 3.34. The van der Waals surface area contributed by atoms with Crippen LogP contribution in [0.5, 0.6) is 0 Å². The lowest BCUT2D eigenvalue weighted by molar-refractivity contribution is 0.0521. The van der Waals surface area contributed by atoms with Crippen molar-refractivity contribution in [1.29, 1.82) is 0 Å². The first-order valence-corrected chi connectivity index (χ1v) is 9.44. The molecule has 1 rings (SSSR count). The topological polar surface area (TPSA) is 50.4 Å². The highest BCUT2D eigenvalue weighted by molar-refractivity contribution is 5.67. The second-order valence-electron chi connectivity index (χ2n) is 8.36. The number of alkyl carbamates (subject to hydrolysis) is 1. The fourth-order valence-corrected chi connectivity index (χ4v) is 3.34. The average Bonchev–Trinajstić information content (AvgIpc) is 2.67. The van der Waals surface area contributed by atoms with Crippen molar-refractivity contribution >= 4 is 6.09 Å². The van der Waals surface area contributed by atoms with Gasteiger partial charge >= 0.3 is 6.09 Å². The number of amides is 1. The number of carbonyl (C=O) groups is 1. The molecule has 0 aromatic rings. The van der Waals surface area contributed by atoms with Gasteiger partial charge in [-0.25, -0.2) is 4.79 Å². The molecule has 3 unspecified atom stereocenters. The molecule has 2 N–H and O–H groups in total. The molecule has 0 aromatic carbocycles. The first-order valence-electron chi connectivity index (χ1n) is 9.44. The van der Waals surface area contributed by atoms with E-state index in [0.717, 1.165) is 18.3 Å². The second-order valence-corrected chi connectivity index (χ2v) is 8.36. The van der Waals surface area contributed by atoms with Gasteiger partial charge in [0.1, 0.15) is 5.60 Å². The fraction of sp³-hybridized carbons (Fsp3) is 0.947. The van der Waals surface area contributed by atoms with Crippen LogP contribution in [0.4, 0.5) is 4.79 Å². The third kappa shape index (κ3) is 8.59. The second kappa shape index (κ2) is 9.51. The van der Waals surface area contributed by atoms with Crippen molar-refractivity contribution < 1.29 is 9.53 Å². The van der Waals surface area contributed by atoms with Crippen molar-refractivity contribution in [3.05, 3.63) is 0 Å². The van der Waals surface area contributed by atoms with Crippen LogP contribution in [0.1, 0.15) is 80.1 Å². The van der Waals surface area contributed by atoms with Gasteiger partial charge in [0.2, 0.25) is 0 Å². The SMILES string of the molecule is CCC(CNC(=O)OC(C)(C)C)NC1CCCC(C(C)C)CC1. The summed E-state index contributed by atoms with van der Waals surface area (Å²) in [5.74, 6) is 1.67. The molecule has 1 aliphatic carbocycles. The van der Waals surface area contributed by atoms with Gasteiger partial charge in [0.15, 0.2) is 0 Å². The standard InChI is InChI=1S/C19H38N2O2/c1-7-16(13-20-18(22)23-19(4,5)6)21-17-10-8-9-15(11-12-17)14(2)3/h14-17,21H,7-13H2,1-6H3,(H,20,22). The Kier molecular flexibility index (Phi) is 8.38. The molecule has 136 valence electrons. The van der Waals surface area contributed by atoms with Gasteiger partial charge in [-0.1, -0.05) is 33.6 Å². The zero-order valence-corrected chi connectivity index (χ0v) is 16.1. The summed E-state index contributed by atoms with van der Waals surface area (Å²) < 4.78 is 5.31. The molecule has 3 atom stereocenters. The summed E-state index contributed by atoms with van der Waals surface area (Å²) in [6.07, 6.45) is 7.21. The van der Waals surface area contributed by atoms with Crippen LogP contribution in [-0.2, 0) is 4.74 Å². The van der Waals surface area contributed by atoms with Crippen molar-refractivity contribution in [3.8, 4) is 0 Å². The Labute approximate surface area is 143 Å². The minimum atomic E-state index is -0.438. The van der Waals surface area contributed by atoms with E-state index in [4.69, 9.17) is 4.74 Å². The maximum absolute atomic E-state index is 11.8. The van der Waals surface area contributed by atoms with E-state index in [-0.39, 0.29) is 6.09 Å². The van der Waals surface area contributed by atoms with Crippen LogP contribution in [0.2, 0.25) is 0 Å². The zero-order valence-electron chi connectivity index (χ0n) is 16.1. The summed E-state index contributed by atoms with van der Waals surface area (Å²) in [7, 11) is 0. The van der Waals surface area contributed by atoms with E-state index in [9.17, 15) is 4.79 Å². The van der Waals surface area contributed by atoms with Gasteiger partial charge in [-0.2, -0.15) is 0 Å². The minimum Gasteiger partial charge on any atom is -0.444 e. The highest BCUT2D eigenvalue weighted by Crippen LogP contribution is 2.29. The molecular formula is C19H38N2O2. The van der Waals surface area contributed by atoms with Crippen molar-refractivity contribution in [2.24, 2.45) is 11.8 Å². The van der Waals surface area contributed by atoms with Gasteiger partial charge in [-0.05, 0) is 58.3 Å². The lowest BCUT2D eigenvalue weighted by Crippen LogP contribution is -2.46. The minimum absolute atomic E-state index is 0.321. The molecule has 4 heteroatoms. The van der Waals surface area contributed by atoms with Gasteiger partial charge in [0.05, 0.1) is 0 Å². The van der Waals surface area contributed by atoms with Crippen LogP contribution >= 0.6 is 0 Å². The number of rotatable bonds is 6. The van der Waals surface area contributed by atoms with Crippen molar-refractivity contribution in [2.45, 2.75) is 97.8 Å². The molecule has 1 aliphatic rings. The molecule has 4 nitrogen and oxygen atoms in total. The maximum atomic E-state index is 11.8. The summed E-state index contributed by atoms with van der Waals surface area (Å²) in [6.45, 7) is 13.2. The van der Waals surface area contributed by atoms with Crippen LogP contribution in [0.25, 0.3) is 0 Å². The first kappa shape index (κ1) is 20.3. The molecule has 0 radical (unpaired) electrons. The van der Waals surface area contributed by atoms with Crippen molar-refractivity contribution in [2.75, 3.05) is 6.54 Å². The van der Waals surface area contributed by atoms with E-state index in [1.807, 2.05) is 20.8 Å². The van der Waals surface area contributed by atoms with Crippen molar-refractivity contribution in [1.82, 2.24) is 10.6 Å². The Morgan fingerprint density at radius 3 is 2.43 bits per heavy atom. The zero-order chi connectivity index (χ0) is 17.5. The highest BCUT2D eigenvalue weighted by Gasteiger charge is 2.23.